The maximum atomic E-state index is 11.0. The van der Waals surface area contributed by atoms with Crippen LogP contribution in [0.25, 0.3) is 11.0 Å². The minimum absolute atomic E-state index is 0.295. The summed E-state index contributed by atoms with van der Waals surface area (Å²) in [6, 6.07) is 0. The zero-order valence-corrected chi connectivity index (χ0v) is 13.8. The molecule has 0 aliphatic carbocycles. The fourth-order valence-corrected chi connectivity index (χ4v) is 3.17. The molecule has 0 saturated carbocycles. The number of aromatic nitrogens is 3. The standard InChI is InChI=1S/C17H19N3O5/c1-4-6-17(23)13(22)11(8-21)25-16(17)20-7-10(5-2)12-14(20)18-9-19-15(12)24-3/h2,4,6-7,9,11,13,16,21-23H,8H2,1,3H3/b6-4-/t11-,13-,16-,17-/m1/s1. The Morgan fingerprint density at radius 1 is 1.52 bits per heavy atom. The number of aliphatic hydroxyl groups is 3. The molecule has 0 aromatic carbocycles. The fourth-order valence-electron chi connectivity index (χ4n) is 3.17. The Labute approximate surface area is 144 Å². The lowest BCUT2D eigenvalue weighted by Gasteiger charge is -2.28. The number of aliphatic hydroxyl groups excluding tert-OH is 2. The molecule has 3 N–H and O–H groups in total. The molecule has 25 heavy (non-hydrogen) atoms. The monoisotopic (exact) mass is 345 g/mol. The number of hydrogen-bond donors (Lipinski definition) is 3. The van der Waals surface area contributed by atoms with Crippen LogP contribution in [0.4, 0.5) is 0 Å². The summed E-state index contributed by atoms with van der Waals surface area (Å²) in [5, 5.41) is 31.4. The van der Waals surface area contributed by atoms with Gasteiger partial charge in [-0.3, -0.25) is 0 Å². The number of nitrogens with zero attached hydrogens (tertiary/aromatic N) is 3. The lowest BCUT2D eigenvalue weighted by molar-refractivity contribution is -0.0770. The number of ether oxygens (including phenoxy) is 2. The maximum absolute atomic E-state index is 11.0. The lowest BCUT2D eigenvalue weighted by atomic mass is 9.93. The molecule has 1 saturated heterocycles. The van der Waals surface area contributed by atoms with E-state index < -0.39 is 30.6 Å². The van der Waals surface area contributed by atoms with E-state index in [2.05, 4.69) is 15.9 Å². The minimum Gasteiger partial charge on any atom is -0.480 e. The number of hydrogen-bond acceptors (Lipinski definition) is 7. The normalized spacial score (nSPS) is 29.4. The van der Waals surface area contributed by atoms with Gasteiger partial charge in [-0.2, -0.15) is 0 Å². The summed E-state index contributed by atoms with van der Waals surface area (Å²) in [5.41, 5.74) is -0.919. The summed E-state index contributed by atoms with van der Waals surface area (Å²) in [6.07, 6.45) is 8.17. The second-order valence-electron chi connectivity index (χ2n) is 5.72. The summed E-state index contributed by atoms with van der Waals surface area (Å²) in [4.78, 5) is 8.27. The second-order valence-corrected chi connectivity index (χ2v) is 5.72. The van der Waals surface area contributed by atoms with E-state index in [4.69, 9.17) is 15.9 Å². The minimum atomic E-state index is -1.77. The van der Waals surface area contributed by atoms with Crippen molar-refractivity contribution in [1.82, 2.24) is 14.5 Å². The SMILES string of the molecule is C#Cc1cn([C@@H]2O[C@H](CO)[C@@H](O)[C@]2(O)/C=C\C)c2ncnc(OC)c12. The third kappa shape index (κ3) is 2.49. The van der Waals surface area contributed by atoms with Gasteiger partial charge in [-0.15, -0.1) is 6.42 Å². The number of allylic oxidation sites excluding steroid dienone is 1. The average molecular weight is 345 g/mol. The summed E-state index contributed by atoms with van der Waals surface area (Å²) >= 11 is 0. The predicted octanol–water partition coefficient (Wildman–Crippen LogP) is -0.0210. The molecule has 4 atom stereocenters. The summed E-state index contributed by atoms with van der Waals surface area (Å²) in [7, 11) is 1.47. The van der Waals surface area contributed by atoms with E-state index in [-0.39, 0.29) is 0 Å². The largest absolute Gasteiger partial charge is 0.480 e. The van der Waals surface area contributed by atoms with Crippen molar-refractivity contribution in [3.8, 4) is 18.2 Å². The highest BCUT2D eigenvalue weighted by Gasteiger charge is 2.54. The van der Waals surface area contributed by atoms with Gasteiger partial charge in [0.1, 0.15) is 18.5 Å². The van der Waals surface area contributed by atoms with Gasteiger partial charge in [-0.25, -0.2) is 9.97 Å². The number of methoxy groups -OCH3 is 1. The molecule has 0 amide bonds. The van der Waals surface area contributed by atoms with E-state index in [1.54, 1.807) is 19.2 Å². The zero-order chi connectivity index (χ0) is 18.2. The highest BCUT2D eigenvalue weighted by Crippen LogP contribution is 2.42. The van der Waals surface area contributed by atoms with Crippen molar-refractivity contribution in [1.29, 1.82) is 0 Å². The lowest BCUT2D eigenvalue weighted by Crippen LogP contribution is -2.45. The van der Waals surface area contributed by atoms with E-state index in [1.165, 1.54) is 24.1 Å². The molecule has 1 fully saturated rings. The van der Waals surface area contributed by atoms with Crippen LogP contribution >= 0.6 is 0 Å². The van der Waals surface area contributed by atoms with Gasteiger partial charge < -0.3 is 29.4 Å². The summed E-state index contributed by atoms with van der Waals surface area (Å²) in [6.45, 7) is 1.26. The van der Waals surface area contributed by atoms with Gasteiger partial charge in [0, 0.05) is 6.20 Å². The molecular weight excluding hydrogens is 326 g/mol. The molecule has 132 valence electrons. The van der Waals surface area contributed by atoms with Crippen molar-refractivity contribution >= 4 is 11.0 Å². The Balaban J connectivity index is 2.24. The van der Waals surface area contributed by atoms with Gasteiger partial charge in [0.15, 0.2) is 17.5 Å². The molecule has 0 spiro atoms. The first-order valence-corrected chi connectivity index (χ1v) is 7.68. The van der Waals surface area contributed by atoms with E-state index in [0.29, 0.717) is 22.5 Å². The van der Waals surface area contributed by atoms with Crippen molar-refractivity contribution < 1.29 is 24.8 Å². The van der Waals surface area contributed by atoms with Crippen molar-refractivity contribution in [2.24, 2.45) is 0 Å². The van der Waals surface area contributed by atoms with Gasteiger partial charge in [0.25, 0.3) is 0 Å². The quantitative estimate of drug-likeness (QED) is 0.528. The van der Waals surface area contributed by atoms with Crippen LogP contribution in [0.2, 0.25) is 0 Å². The fraction of sp³-hybridized carbons (Fsp3) is 0.412. The molecule has 3 rings (SSSR count). The molecule has 3 heterocycles. The van der Waals surface area contributed by atoms with Gasteiger partial charge in [-0.1, -0.05) is 18.1 Å². The van der Waals surface area contributed by atoms with Gasteiger partial charge >= 0.3 is 0 Å². The van der Waals surface area contributed by atoms with Gasteiger partial charge in [-0.05, 0) is 6.92 Å². The second kappa shape index (κ2) is 6.46. The highest BCUT2D eigenvalue weighted by atomic mass is 16.6. The van der Waals surface area contributed by atoms with Crippen LogP contribution in [-0.2, 0) is 4.74 Å². The van der Waals surface area contributed by atoms with Crippen LogP contribution in [0.15, 0.2) is 24.7 Å². The van der Waals surface area contributed by atoms with Crippen molar-refractivity contribution in [2.75, 3.05) is 13.7 Å². The zero-order valence-electron chi connectivity index (χ0n) is 13.8. The summed E-state index contributed by atoms with van der Waals surface area (Å²) < 4.78 is 12.5. The van der Waals surface area contributed by atoms with Crippen molar-refractivity contribution in [2.45, 2.75) is 31.0 Å². The third-order valence-electron chi connectivity index (χ3n) is 4.31. The van der Waals surface area contributed by atoms with Gasteiger partial charge in [0.2, 0.25) is 5.88 Å². The van der Waals surface area contributed by atoms with Crippen LogP contribution in [0.5, 0.6) is 5.88 Å². The van der Waals surface area contributed by atoms with Crippen LogP contribution in [0.1, 0.15) is 18.7 Å². The third-order valence-corrected chi connectivity index (χ3v) is 4.31. The predicted molar refractivity (Wildman–Crippen MR) is 88.8 cm³/mol. The van der Waals surface area contributed by atoms with E-state index in [9.17, 15) is 15.3 Å². The van der Waals surface area contributed by atoms with E-state index in [0.717, 1.165) is 0 Å². The van der Waals surface area contributed by atoms with Crippen molar-refractivity contribution in [3.63, 3.8) is 0 Å². The molecule has 1 aliphatic heterocycles. The number of rotatable bonds is 4. The Morgan fingerprint density at radius 2 is 2.28 bits per heavy atom. The van der Waals surface area contributed by atoms with Crippen LogP contribution in [0, 0.1) is 12.3 Å². The average Bonchev–Trinajstić information content (AvgIpc) is 3.11. The van der Waals surface area contributed by atoms with Crippen molar-refractivity contribution in [3.05, 3.63) is 30.2 Å². The topological polar surface area (TPSA) is 110 Å². The highest BCUT2D eigenvalue weighted by molar-refractivity contribution is 5.88. The van der Waals surface area contributed by atoms with Gasteiger partial charge in [0.05, 0.1) is 24.7 Å². The molecule has 8 nitrogen and oxygen atoms in total. The first-order chi connectivity index (χ1) is 12.0. The smallest absolute Gasteiger partial charge is 0.227 e. The van der Waals surface area contributed by atoms with E-state index >= 15 is 0 Å². The maximum Gasteiger partial charge on any atom is 0.227 e. The Hall–Kier alpha value is -2.44. The molecule has 0 radical (unpaired) electrons. The first-order valence-electron chi connectivity index (χ1n) is 7.68. The molecule has 8 heteroatoms. The molecule has 1 aliphatic rings. The Bertz CT molecular complexity index is 856. The van der Waals surface area contributed by atoms with Crippen LogP contribution in [-0.4, -0.2) is 61.4 Å². The first kappa shape index (κ1) is 17.4. The molecule has 2 aromatic heterocycles. The summed E-state index contributed by atoms with van der Waals surface area (Å²) in [5.74, 6) is 2.83. The van der Waals surface area contributed by atoms with Crippen LogP contribution in [0.3, 0.4) is 0 Å². The van der Waals surface area contributed by atoms with Crippen LogP contribution < -0.4 is 4.74 Å². The molecule has 0 bridgehead atoms. The Morgan fingerprint density at radius 3 is 2.88 bits per heavy atom. The molecule has 2 aromatic rings. The molecule has 0 unspecified atom stereocenters. The number of terminal acetylenes is 1. The Kier molecular flexibility index (Phi) is 4.49. The molecular formula is C17H19N3O5. The van der Waals surface area contributed by atoms with E-state index in [1.807, 2.05) is 0 Å². The number of fused-ring (bicyclic) bond motifs is 1.